The largest absolute Gasteiger partial charge is 0.416 e. The molecule has 126 valence electrons. The Hall–Kier alpha value is -2.14. The lowest BCUT2D eigenvalue weighted by molar-refractivity contribution is -0.137. The predicted molar refractivity (Wildman–Crippen MR) is 90.6 cm³/mol. The second-order valence-electron chi connectivity index (χ2n) is 5.24. The van der Waals surface area contributed by atoms with Gasteiger partial charge in [0, 0.05) is 9.75 Å². The number of aryl methyl sites for hydroxylation is 2. The van der Waals surface area contributed by atoms with Crippen LogP contribution in [0.3, 0.4) is 0 Å². The Morgan fingerprint density at radius 1 is 0.833 bits per heavy atom. The van der Waals surface area contributed by atoms with E-state index in [1.54, 1.807) is 0 Å². The fourth-order valence-corrected chi connectivity index (χ4v) is 2.89. The Labute approximate surface area is 142 Å². The lowest BCUT2D eigenvalue weighted by Crippen LogP contribution is -2.05. The minimum atomic E-state index is -4.39. The molecular weight excluding hydrogens is 336 g/mol. The molecular formula is C19H16F4S. The van der Waals surface area contributed by atoms with Crippen LogP contribution in [0.1, 0.15) is 16.0 Å². The van der Waals surface area contributed by atoms with Gasteiger partial charge in [-0.1, -0.05) is 30.3 Å². The van der Waals surface area contributed by atoms with Crippen molar-refractivity contribution in [3.8, 4) is 10.4 Å². The van der Waals surface area contributed by atoms with E-state index in [4.69, 9.17) is 0 Å². The first kappa shape index (κ1) is 18.2. The molecule has 3 rings (SSSR count). The lowest BCUT2D eigenvalue weighted by atomic mass is 10.1. The van der Waals surface area contributed by atoms with Gasteiger partial charge >= 0.3 is 6.18 Å². The van der Waals surface area contributed by atoms with Crippen LogP contribution in [-0.2, 0) is 6.18 Å². The average Bonchev–Trinajstić information content (AvgIpc) is 2.97. The Morgan fingerprint density at radius 2 is 1.50 bits per heavy atom. The van der Waals surface area contributed by atoms with Crippen LogP contribution in [0.25, 0.3) is 10.4 Å². The van der Waals surface area contributed by atoms with Crippen LogP contribution in [0.2, 0.25) is 0 Å². The van der Waals surface area contributed by atoms with Crippen molar-refractivity contribution >= 4 is 11.3 Å². The van der Waals surface area contributed by atoms with E-state index in [0.29, 0.717) is 0 Å². The highest BCUT2D eigenvalue weighted by molar-refractivity contribution is 7.15. The SMILES string of the molecule is Cc1cc(C(F)(F)F)ccc1F.Cc1ccc(-c2ccccc2)s1. The molecule has 0 bridgehead atoms. The van der Waals surface area contributed by atoms with Crippen LogP contribution in [0, 0.1) is 19.7 Å². The first-order valence-corrected chi connectivity index (χ1v) is 8.04. The van der Waals surface area contributed by atoms with Crippen molar-refractivity contribution in [1.29, 1.82) is 0 Å². The smallest absolute Gasteiger partial charge is 0.207 e. The second-order valence-corrected chi connectivity index (χ2v) is 6.53. The molecule has 0 radical (unpaired) electrons. The fraction of sp³-hybridized carbons (Fsp3) is 0.158. The Bertz CT molecular complexity index is 789. The van der Waals surface area contributed by atoms with Gasteiger partial charge < -0.3 is 0 Å². The summed E-state index contributed by atoms with van der Waals surface area (Å²) in [6, 6.07) is 17.1. The minimum absolute atomic E-state index is 0.00447. The summed E-state index contributed by atoms with van der Waals surface area (Å²) in [5.74, 6) is -0.622. The summed E-state index contributed by atoms with van der Waals surface area (Å²) >= 11 is 1.84. The summed E-state index contributed by atoms with van der Waals surface area (Å²) in [5.41, 5.74) is 0.502. The molecule has 0 aliphatic heterocycles. The third-order valence-corrected chi connectivity index (χ3v) is 4.33. The molecule has 0 saturated heterocycles. The highest BCUT2D eigenvalue weighted by Gasteiger charge is 2.30. The van der Waals surface area contributed by atoms with Crippen molar-refractivity contribution in [3.05, 3.63) is 82.5 Å². The second kappa shape index (κ2) is 7.62. The van der Waals surface area contributed by atoms with Crippen LogP contribution in [0.5, 0.6) is 0 Å². The maximum atomic E-state index is 12.5. The van der Waals surface area contributed by atoms with Gasteiger partial charge in [-0.2, -0.15) is 13.2 Å². The molecule has 0 spiro atoms. The summed E-state index contributed by atoms with van der Waals surface area (Å²) in [6.07, 6.45) is -4.39. The molecule has 0 unspecified atom stereocenters. The number of benzene rings is 2. The van der Waals surface area contributed by atoms with Crippen molar-refractivity contribution < 1.29 is 17.6 Å². The number of halogens is 4. The van der Waals surface area contributed by atoms with E-state index in [1.807, 2.05) is 17.4 Å². The molecule has 2 aromatic carbocycles. The molecule has 0 nitrogen and oxygen atoms in total. The van der Waals surface area contributed by atoms with Crippen LogP contribution < -0.4 is 0 Å². The highest BCUT2D eigenvalue weighted by Crippen LogP contribution is 2.30. The Balaban J connectivity index is 0.000000174. The maximum Gasteiger partial charge on any atom is 0.416 e. The Kier molecular flexibility index (Phi) is 5.78. The minimum Gasteiger partial charge on any atom is -0.207 e. The van der Waals surface area contributed by atoms with Crippen LogP contribution in [0.4, 0.5) is 17.6 Å². The number of hydrogen-bond acceptors (Lipinski definition) is 1. The van der Waals surface area contributed by atoms with Crippen molar-refractivity contribution in [2.45, 2.75) is 20.0 Å². The lowest BCUT2D eigenvalue weighted by Gasteiger charge is -2.06. The number of rotatable bonds is 1. The van der Waals surface area contributed by atoms with Gasteiger partial charge in [-0.25, -0.2) is 4.39 Å². The summed E-state index contributed by atoms with van der Waals surface area (Å²) < 4.78 is 48.5. The first-order valence-electron chi connectivity index (χ1n) is 7.22. The van der Waals surface area contributed by atoms with Crippen LogP contribution >= 0.6 is 11.3 Å². The quantitative estimate of drug-likeness (QED) is 0.419. The van der Waals surface area contributed by atoms with Gasteiger partial charge in [0.15, 0.2) is 0 Å². The van der Waals surface area contributed by atoms with E-state index in [-0.39, 0.29) is 5.56 Å². The van der Waals surface area contributed by atoms with Gasteiger partial charge in [-0.15, -0.1) is 11.3 Å². The van der Waals surface area contributed by atoms with E-state index >= 15 is 0 Å². The summed E-state index contributed by atoms with van der Waals surface area (Å²) in [6.45, 7) is 3.43. The molecule has 1 heterocycles. The van der Waals surface area contributed by atoms with Crippen LogP contribution in [0.15, 0.2) is 60.7 Å². The van der Waals surface area contributed by atoms with E-state index in [9.17, 15) is 17.6 Å². The zero-order chi connectivity index (χ0) is 17.7. The van der Waals surface area contributed by atoms with Gasteiger partial charge in [0.1, 0.15) is 5.82 Å². The predicted octanol–water partition coefficient (Wildman–Crippen LogP) is 6.88. The summed E-state index contributed by atoms with van der Waals surface area (Å²) in [5, 5.41) is 0. The molecule has 5 heteroatoms. The van der Waals surface area contributed by atoms with Gasteiger partial charge in [0.2, 0.25) is 0 Å². The molecule has 3 aromatic rings. The molecule has 24 heavy (non-hydrogen) atoms. The molecule has 0 aliphatic rings. The van der Waals surface area contributed by atoms with E-state index in [1.165, 1.54) is 22.2 Å². The monoisotopic (exact) mass is 352 g/mol. The third kappa shape index (κ3) is 4.93. The van der Waals surface area contributed by atoms with Crippen molar-refractivity contribution in [2.75, 3.05) is 0 Å². The van der Waals surface area contributed by atoms with Crippen molar-refractivity contribution in [3.63, 3.8) is 0 Å². The third-order valence-electron chi connectivity index (χ3n) is 3.28. The summed E-state index contributed by atoms with van der Waals surface area (Å²) in [7, 11) is 0. The molecule has 0 saturated carbocycles. The normalized spacial score (nSPS) is 10.9. The Morgan fingerprint density at radius 3 is 2.00 bits per heavy atom. The van der Waals surface area contributed by atoms with E-state index in [0.717, 1.165) is 18.2 Å². The maximum absolute atomic E-state index is 12.5. The number of hydrogen-bond donors (Lipinski definition) is 0. The molecule has 0 atom stereocenters. The summed E-state index contributed by atoms with van der Waals surface area (Å²) in [4.78, 5) is 2.72. The highest BCUT2D eigenvalue weighted by atomic mass is 32.1. The van der Waals surface area contributed by atoms with Crippen molar-refractivity contribution in [2.24, 2.45) is 0 Å². The van der Waals surface area contributed by atoms with Crippen molar-refractivity contribution in [1.82, 2.24) is 0 Å². The van der Waals surface area contributed by atoms with Gasteiger partial charge in [-0.3, -0.25) is 0 Å². The standard InChI is InChI=1S/C11H10S.C8H6F4/c1-9-7-8-11(12-9)10-5-3-2-4-6-10;1-5-4-6(8(10,11)12)2-3-7(5)9/h2-8H,1H3;2-4H,1H3. The van der Waals surface area contributed by atoms with Gasteiger partial charge in [0.05, 0.1) is 5.56 Å². The molecule has 1 aromatic heterocycles. The molecule has 0 N–H and O–H groups in total. The van der Waals surface area contributed by atoms with Crippen LogP contribution in [-0.4, -0.2) is 0 Å². The zero-order valence-electron chi connectivity index (χ0n) is 13.2. The topological polar surface area (TPSA) is 0 Å². The fourth-order valence-electron chi connectivity index (χ4n) is 2.01. The number of alkyl halides is 3. The first-order chi connectivity index (χ1) is 11.3. The number of thiophene rings is 1. The van der Waals surface area contributed by atoms with Gasteiger partial charge in [-0.05, 0) is 55.3 Å². The van der Waals surface area contributed by atoms with Gasteiger partial charge in [0.25, 0.3) is 0 Å². The molecule has 0 amide bonds. The van der Waals surface area contributed by atoms with E-state index < -0.39 is 17.6 Å². The van der Waals surface area contributed by atoms with E-state index in [2.05, 4.69) is 43.3 Å². The average molecular weight is 352 g/mol. The molecule has 0 aliphatic carbocycles. The molecule has 0 fully saturated rings. The zero-order valence-corrected chi connectivity index (χ0v) is 14.0.